The van der Waals surface area contributed by atoms with Crippen molar-refractivity contribution in [2.75, 3.05) is 10.8 Å². The first-order valence-electron chi connectivity index (χ1n) is 5.80. The number of para-hydroxylation sites is 1. The number of fused-ring (bicyclic) bond motifs is 1. The van der Waals surface area contributed by atoms with Gasteiger partial charge >= 0.3 is 4.87 Å². The van der Waals surface area contributed by atoms with E-state index in [0.29, 0.717) is 24.3 Å². The van der Waals surface area contributed by atoms with E-state index < -0.39 is 10.0 Å². The summed E-state index contributed by atoms with van der Waals surface area (Å²) >= 11 is 0.742. The zero-order valence-electron chi connectivity index (χ0n) is 10.2. The van der Waals surface area contributed by atoms with Gasteiger partial charge in [0.25, 0.3) is 10.0 Å². The Hall–Kier alpha value is -1.60. The molecule has 0 bridgehead atoms. The van der Waals surface area contributed by atoms with Gasteiger partial charge < -0.3 is 4.98 Å². The van der Waals surface area contributed by atoms with Gasteiger partial charge in [0, 0.05) is 12.2 Å². The number of H-pyrrole nitrogens is 1. The van der Waals surface area contributed by atoms with Gasteiger partial charge in [0.15, 0.2) is 4.21 Å². The van der Waals surface area contributed by atoms with Crippen LogP contribution in [0, 0.1) is 6.92 Å². The summed E-state index contributed by atoms with van der Waals surface area (Å²) in [4.78, 5) is 13.5. The molecule has 1 aromatic heterocycles. The zero-order valence-corrected chi connectivity index (χ0v) is 11.8. The van der Waals surface area contributed by atoms with Crippen molar-refractivity contribution in [1.82, 2.24) is 4.98 Å². The lowest BCUT2D eigenvalue weighted by atomic mass is 10.2. The van der Waals surface area contributed by atoms with E-state index in [1.54, 1.807) is 13.0 Å². The first-order chi connectivity index (χ1) is 9.00. The van der Waals surface area contributed by atoms with Crippen LogP contribution in [0.15, 0.2) is 33.3 Å². The van der Waals surface area contributed by atoms with Crippen molar-refractivity contribution in [2.24, 2.45) is 0 Å². The van der Waals surface area contributed by atoms with E-state index in [9.17, 15) is 13.2 Å². The highest BCUT2D eigenvalue weighted by Crippen LogP contribution is 2.33. The Morgan fingerprint density at radius 2 is 2.05 bits per heavy atom. The molecule has 2 aromatic rings. The number of aromatic amines is 1. The topological polar surface area (TPSA) is 70.2 Å². The molecule has 7 heteroatoms. The molecule has 19 heavy (non-hydrogen) atoms. The molecule has 0 unspecified atom stereocenters. The standard InChI is InChI=1S/C12H12N2O3S2/c1-8-11(18-12(15)13-8)19(16,17)14-7-6-9-4-2-3-5-10(9)14/h2-5H,6-7H2,1H3,(H,13,15). The van der Waals surface area contributed by atoms with Crippen molar-refractivity contribution in [3.8, 4) is 0 Å². The highest BCUT2D eigenvalue weighted by Gasteiger charge is 2.33. The summed E-state index contributed by atoms with van der Waals surface area (Å²) in [6.07, 6.45) is 0.702. The third-order valence-electron chi connectivity index (χ3n) is 3.15. The molecule has 0 saturated carbocycles. The average Bonchev–Trinajstić information content (AvgIpc) is 2.93. The zero-order chi connectivity index (χ0) is 13.6. The summed E-state index contributed by atoms with van der Waals surface area (Å²) in [5, 5.41) is 0. The summed E-state index contributed by atoms with van der Waals surface area (Å²) in [5.41, 5.74) is 2.13. The lowest BCUT2D eigenvalue weighted by Crippen LogP contribution is -2.28. The van der Waals surface area contributed by atoms with Crippen LogP contribution in [0.3, 0.4) is 0 Å². The Bertz CT molecular complexity index is 789. The summed E-state index contributed by atoms with van der Waals surface area (Å²) in [5.74, 6) is 0. The maximum absolute atomic E-state index is 12.6. The fourth-order valence-electron chi connectivity index (χ4n) is 2.29. The Morgan fingerprint density at radius 1 is 1.32 bits per heavy atom. The minimum absolute atomic E-state index is 0.106. The van der Waals surface area contributed by atoms with Gasteiger partial charge in [0.05, 0.1) is 5.69 Å². The minimum atomic E-state index is -3.64. The highest BCUT2D eigenvalue weighted by atomic mass is 32.2. The van der Waals surface area contributed by atoms with Crippen LogP contribution in [0.4, 0.5) is 5.69 Å². The van der Waals surface area contributed by atoms with Crippen LogP contribution in [-0.4, -0.2) is 19.9 Å². The van der Waals surface area contributed by atoms with Crippen molar-refractivity contribution in [3.05, 3.63) is 45.2 Å². The lowest BCUT2D eigenvalue weighted by molar-refractivity contribution is 0.593. The normalized spacial score (nSPS) is 14.7. The molecule has 1 aromatic carbocycles. The number of hydrogen-bond acceptors (Lipinski definition) is 4. The predicted octanol–water partition coefficient (Wildman–Crippen LogP) is 1.50. The number of thiazole rings is 1. The number of nitrogens with zero attached hydrogens (tertiary/aromatic N) is 1. The van der Waals surface area contributed by atoms with Crippen molar-refractivity contribution < 1.29 is 8.42 Å². The molecule has 0 fully saturated rings. The summed E-state index contributed by atoms with van der Waals surface area (Å²) in [6, 6.07) is 7.44. The third-order valence-corrected chi connectivity index (χ3v) is 6.55. The van der Waals surface area contributed by atoms with Crippen LogP contribution < -0.4 is 9.18 Å². The van der Waals surface area contributed by atoms with Crippen LogP contribution in [-0.2, 0) is 16.4 Å². The number of rotatable bonds is 2. The molecular weight excluding hydrogens is 284 g/mol. The quantitative estimate of drug-likeness (QED) is 0.913. The smallest absolute Gasteiger partial charge is 0.306 e. The van der Waals surface area contributed by atoms with E-state index in [0.717, 1.165) is 16.9 Å². The van der Waals surface area contributed by atoms with Crippen LogP contribution in [0.2, 0.25) is 0 Å². The van der Waals surface area contributed by atoms with Gasteiger partial charge in [-0.1, -0.05) is 29.5 Å². The van der Waals surface area contributed by atoms with Gasteiger partial charge in [0.2, 0.25) is 0 Å². The number of anilines is 1. The molecule has 0 radical (unpaired) electrons. The molecule has 0 spiro atoms. The van der Waals surface area contributed by atoms with Crippen molar-refractivity contribution in [3.63, 3.8) is 0 Å². The van der Waals surface area contributed by atoms with E-state index >= 15 is 0 Å². The van der Waals surface area contributed by atoms with Gasteiger partial charge in [0.1, 0.15) is 0 Å². The van der Waals surface area contributed by atoms with Crippen LogP contribution >= 0.6 is 11.3 Å². The van der Waals surface area contributed by atoms with Gasteiger partial charge in [-0.15, -0.1) is 0 Å². The van der Waals surface area contributed by atoms with Gasteiger partial charge in [-0.3, -0.25) is 9.10 Å². The van der Waals surface area contributed by atoms with E-state index in [2.05, 4.69) is 4.98 Å². The lowest BCUT2D eigenvalue weighted by Gasteiger charge is -2.18. The Kier molecular flexibility index (Phi) is 2.75. The monoisotopic (exact) mass is 296 g/mol. The number of sulfonamides is 1. The Labute approximate surface area is 114 Å². The fraction of sp³-hybridized carbons (Fsp3) is 0.250. The molecule has 0 amide bonds. The number of hydrogen-bond donors (Lipinski definition) is 1. The Morgan fingerprint density at radius 3 is 2.74 bits per heavy atom. The van der Waals surface area contributed by atoms with Crippen LogP contribution in [0.1, 0.15) is 11.3 Å². The largest absolute Gasteiger partial charge is 0.315 e. The molecule has 1 aliphatic rings. The number of aromatic nitrogens is 1. The number of nitrogens with one attached hydrogen (secondary N) is 1. The number of aryl methyl sites for hydroxylation is 1. The first-order valence-corrected chi connectivity index (χ1v) is 8.06. The number of benzene rings is 1. The van der Waals surface area contributed by atoms with Gasteiger partial charge in [-0.25, -0.2) is 8.42 Å². The summed E-state index contributed by atoms with van der Waals surface area (Å²) in [7, 11) is -3.64. The van der Waals surface area contributed by atoms with E-state index in [1.165, 1.54) is 4.31 Å². The van der Waals surface area contributed by atoms with Gasteiger partial charge in [-0.05, 0) is 25.0 Å². The summed E-state index contributed by atoms with van der Waals surface area (Å²) < 4.78 is 26.7. The predicted molar refractivity (Wildman–Crippen MR) is 74.4 cm³/mol. The van der Waals surface area contributed by atoms with E-state index in [-0.39, 0.29) is 9.08 Å². The van der Waals surface area contributed by atoms with E-state index in [1.807, 2.05) is 18.2 Å². The van der Waals surface area contributed by atoms with E-state index in [4.69, 9.17) is 0 Å². The Balaban J connectivity index is 2.13. The third kappa shape index (κ3) is 1.89. The molecule has 1 aliphatic heterocycles. The van der Waals surface area contributed by atoms with Gasteiger partial charge in [-0.2, -0.15) is 0 Å². The van der Waals surface area contributed by atoms with Crippen LogP contribution in [0.25, 0.3) is 0 Å². The molecule has 3 rings (SSSR count). The van der Waals surface area contributed by atoms with Crippen molar-refractivity contribution in [2.45, 2.75) is 17.6 Å². The molecule has 0 saturated heterocycles. The van der Waals surface area contributed by atoms with Crippen LogP contribution in [0.5, 0.6) is 0 Å². The second-order valence-electron chi connectivity index (χ2n) is 4.38. The van der Waals surface area contributed by atoms with Crippen molar-refractivity contribution >= 4 is 27.0 Å². The molecule has 1 N–H and O–H groups in total. The highest BCUT2D eigenvalue weighted by molar-refractivity contribution is 7.94. The maximum Gasteiger partial charge on any atom is 0.306 e. The fourth-order valence-corrected chi connectivity index (χ4v) is 5.20. The second-order valence-corrected chi connectivity index (χ2v) is 7.42. The minimum Gasteiger partial charge on any atom is -0.315 e. The molecule has 0 aliphatic carbocycles. The molecule has 0 atom stereocenters. The summed E-state index contributed by atoms with van der Waals surface area (Å²) in [6.45, 7) is 2.03. The maximum atomic E-state index is 12.6. The molecule has 100 valence electrons. The molecular formula is C12H12N2O3S2. The second kappa shape index (κ2) is 4.21. The molecule has 5 nitrogen and oxygen atoms in total. The molecule has 2 heterocycles. The first kappa shape index (κ1) is 12.4. The SMILES string of the molecule is Cc1[nH]c(=O)sc1S(=O)(=O)N1CCc2ccccc21. The average molecular weight is 296 g/mol. The van der Waals surface area contributed by atoms with Crippen molar-refractivity contribution in [1.29, 1.82) is 0 Å².